The molecule has 2 heterocycles. The van der Waals surface area contributed by atoms with Crippen molar-refractivity contribution in [3.05, 3.63) is 56.2 Å². The van der Waals surface area contributed by atoms with E-state index in [0.29, 0.717) is 12.4 Å². The van der Waals surface area contributed by atoms with E-state index in [1.54, 1.807) is 6.92 Å². The Morgan fingerprint density at radius 3 is 2.39 bits per heavy atom. The number of halogens is 1. The zero-order chi connectivity index (χ0) is 16.4. The summed E-state index contributed by atoms with van der Waals surface area (Å²) in [5.74, 6) is 0.593. The molecule has 1 aromatic heterocycles. The first-order valence-electron chi connectivity index (χ1n) is 7.68. The fourth-order valence-corrected chi connectivity index (χ4v) is 3.04. The van der Waals surface area contributed by atoms with Crippen molar-refractivity contribution in [2.24, 2.45) is 0 Å². The number of aromatic amines is 1. The van der Waals surface area contributed by atoms with Gasteiger partial charge in [0.25, 0.3) is 5.56 Å². The number of aromatic nitrogens is 2. The van der Waals surface area contributed by atoms with E-state index in [9.17, 15) is 9.59 Å². The summed E-state index contributed by atoms with van der Waals surface area (Å²) < 4.78 is 1.19. The Kier molecular flexibility index (Phi) is 4.43. The van der Waals surface area contributed by atoms with Gasteiger partial charge in [0.1, 0.15) is 5.82 Å². The van der Waals surface area contributed by atoms with Gasteiger partial charge in [-0.1, -0.05) is 17.7 Å². The van der Waals surface area contributed by atoms with Crippen LogP contribution >= 0.6 is 11.6 Å². The maximum Gasteiger partial charge on any atom is 0.329 e. The lowest BCUT2D eigenvalue weighted by Crippen LogP contribution is -2.48. The molecule has 7 heteroatoms. The molecule has 1 aromatic carbocycles. The van der Waals surface area contributed by atoms with Crippen molar-refractivity contribution in [3.8, 4) is 0 Å². The highest BCUT2D eigenvalue weighted by Crippen LogP contribution is 2.21. The molecule has 1 aliphatic rings. The van der Waals surface area contributed by atoms with Gasteiger partial charge in [-0.05, 0) is 25.1 Å². The number of hydrogen-bond donors (Lipinski definition) is 1. The largest absolute Gasteiger partial charge is 0.368 e. The molecule has 23 heavy (non-hydrogen) atoms. The molecule has 1 aliphatic heterocycles. The van der Waals surface area contributed by atoms with Crippen LogP contribution in [0.2, 0.25) is 5.02 Å². The van der Waals surface area contributed by atoms with Gasteiger partial charge in [-0.3, -0.25) is 14.3 Å². The van der Waals surface area contributed by atoms with Crippen LogP contribution in [0.5, 0.6) is 0 Å². The Labute approximate surface area is 138 Å². The number of rotatable bonds is 3. The molecule has 0 atom stereocenters. The van der Waals surface area contributed by atoms with Gasteiger partial charge in [0.2, 0.25) is 0 Å². The molecule has 0 bridgehead atoms. The third-order valence-electron chi connectivity index (χ3n) is 4.12. The van der Waals surface area contributed by atoms with Crippen molar-refractivity contribution >= 4 is 23.1 Å². The third kappa shape index (κ3) is 3.27. The van der Waals surface area contributed by atoms with E-state index in [4.69, 9.17) is 11.6 Å². The summed E-state index contributed by atoms with van der Waals surface area (Å²) in [6, 6.07) is 9.27. The second kappa shape index (κ2) is 6.50. The summed E-state index contributed by atoms with van der Waals surface area (Å²) in [5, 5.41) is 0.720. The molecular weight excluding hydrogens is 316 g/mol. The Bertz CT molecular complexity index is 775. The third-order valence-corrected chi connectivity index (χ3v) is 4.35. The zero-order valence-electron chi connectivity index (χ0n) is 13.0. The fraction of sp³-hybridized carbons (Fsp3) is 0.375. The molecule has 6 nitrogen and oxygen atoms in total. The predicted octanol–water partition coefficient (Wildman–Crippen LogP) is 1.54. The minimum absolute atomic E-state index is 0.261. The highest BCUT2D eigenvalue weighted by atomic mass is 35.5. The van der Waals surface area contributed by atoms with Gasteiger partial charge < -0.3 is 9.80 Å². The van der Waals surface area contributed by atoms with Crippen LogP contribution in [0.15, 0.2) is 39.9 Å². The maximum atomic E-state index is 11.9. The van der Waals surface area contributed by atoms with E-state index in [-0.39, 0.29) is 11.2 Å². The highest BCUT2D eigenvalue weighted by Gasteiger charge is 2.19. The fourth-order valence-electron chi connectivity index (χ4n) is 2.86. The summed E-state index contributed by atoms with van der Waals surface area (Å²) in [6.07, 6.45) is 0. The van der Waals surface area contributed by atoms with Crippen molar-refractivity contribution in [2.45, 2.75) is 13.5 Å². The summed E-state index contributed by atoms with van der Waals surface area (Å²) in [7, 11) is 0. The number of nitrogens with one attached hydrogen (secondary N) is 1. The molecule has 0 aliphatic carbocycles. The molecule has 2 aromatic rings. The minimum atomic E-state index is -0.354. The second-order valence-electron chi connectivity index (χ2n) is 5.50. The number of nitrogens with zero attached hydrogens (tertiary/aromatic N) is 3. The summed E-state index contributed by atoms with van der Waals surface area (Å²) in [4.78, 5) is 30.9. The Balaban J connectivity index is 1.74. The first kappa shape index (κ1) is 15.7. The van der Waals surface area contributed by atoms with Gasteiger partial charge in [0, 0.05) is 49.5 Å². The molecule has 1 fully saturated rings. The van der Waals surface area contributed by atoms with Crippen LogP contribution in [0.4, 0.5) is 11.5 Å². The van der Waals surface area contributed by atoms with E-state index in [1.807, 2.05) is 29.2 Å². The molecule has 0 unspecified atom stereocenters. The average molecular weight is 335 g/mol. The first-order chi connectivity index (χ1) is 11.1. The number of hydrogen-bond acceptors (Lipinski definition) is 4. The van der Waals surface area contributed by atoms with Gasteiger partial charge in [0.05, 0.1) is 0 Å². The first-order valence-corrected chi connectivity index (χ1v) is 8.06. The van der Waals surface area contributed by atoms with E-state index < -0.39 is 0 Å². The lowest BCUT2D eigenvalue weighted by atomic mass is 10.2. The minimum Gasteiger partial charge on any atom is -0.368 e. The molecule has 0 spiro atoms. The summed E-state index contributed by atoms with van der Waals surface area (Å²) in [5.41, 5.74) is 0.475. The lowest BCUT2D eigenvalue weighted by molar-refractivity contribution is 0.629. The molecule has 0 saturated carbocycles. The van der Waals surface area contributed by atoms with E-state index in [0.717, 1.165) is 36.9 Å². The van der Waals surface area contributed by atoms with Gasteiger partial charge in [-0.15, -0.1) is 0 Å². The van der Waals surface area contributed by atoms with Crippen molar-refractivity contribution in [2.75, 3.05) is 36.0 Å². The molecule has 122 valence electrons. The zero-order valence-corrected chi connectivity index (χ0v) is 13.7. The quantitative estimate of drug-likeness (QED) is 0.925. The molecule has 0 amide bonds. The van der Waals surface area contributed by atoms with Crippen LogP contribution in [-0.2, 0) is 6.54 Å². The Morgan fingerprint density at radius 2 is 1.78 bits per heavy atom. The highest BCUT2D eigenvalue weighted by molar-refractivity contribution is 6.30. The van der Waals surface area contributed by atoms with Crippen molar-refractivity contribution in [3.63, 3.8) is 0 Å². The average Bonchev–Trinajstić information content (AvgIpc) is 2.55. The molecule has 1 N–H and O–H groups in total. The number of benzene rings is 1. The maximum absolute atomic E-state index is 11.9. The van der Waals surface area contributed by atoms with Gasteiger partial charge in [0.15, 0.2) is 0 Å². The second-order valence-corrected chi connectivity index (χ2v) is 5.93. The van der Waals surface area contributed by atoms with Crippen LogP contribution in [0.1, 0.15) is 6.92 Å². The van der Waals surface area contributed by atoms with Crippen LogP contribution in [0, 0.1) is 0 Å². The number of piperazine rings is 1. The van der Waals surface area contributed by atoms with Crippen LogP contribution in [0.3, 0.4) is 0 Å². The van der Waals surface area contributed by atoms with Crippen LogP contribution in [0.25, 0.3) is 0 Å². The van der Waals surface area contributed by atoms with E-state index in [2.05, 4.69) is 9.88 Å². The van der Waals surface area contributed by atoms with E-state index >= 15 is 0 Å². The van der Waals surface area contributed by atoms with Crippen molar-refractivity contribution < 1.29 is 0 Å². The summed E-state index contributed by atoms with van der Waals surface area (Å²) in [6.45, 7) is 5.23. The monoisotopic (exact) mass is 334 g/mol. The number of H-pyrrole nitrogens is 1. The SMILES string of the molecule is CCn1c(=O)cc(N2CCN(c3cccc(Cl)c3)CC2)[nH]c1=O. The van der Waals surface area contributed by atoms with E-state index in [1.165, 1.54) is 10.6 Å². The topological polar surface area (TPSA) is 61.3 Å². The lowest BCUT2D eigenvalue weighted by Gasteiger charge is -2.37. The van der Waals surface area contributed by atoms with Crippen LogP contribution in [-0.4, -0.2) is 35.7 Å². The van der Waals surface area contributed by atoms with Gasteiger partial charge >= 0.3 is 5.69 Å². The van der Waals surface area contributed by atoms with Gasteiger partial charge in [-0.25, -0.2) is 4.79 Å². The smallest absolute Gasteiger partial charge is 0.329 e. The Hall–Kier alpha value is -2.21. The standard InChI is InChI=1S/C16H19ClN4O2/c1-2-21-15(22)11-14(18-16(21)23)20-8-6-19(7-9-20)13-5-3-4-12(17)10-13/h3-5,10-11H,2,6-9H2,1H3,(H,18,23). The van der Waals surface area contributed by atoms with Gasteiger partial charge in [-0.2, -0.15) is 0 Å². The molecule has 1 saturated heterocycles. The Morgan fingerprint density at radius 1 is 1.09 bits per heavy atom. The molecule has 3 rings (SSSR count). The normalized spacial score (nSPS) is 15.0. The van der Waals surface area contributed by atoms with Crippen molar-refractivity contribution in [1.29, 1.82) is 0 Å². The molecule has 0 radical (unpaired) electrons. The predicted molar refractivity (Wildman–Crippen MR) is 92.9 cm³/mol. The van der Waals surface area contributed by atoms with Crippen molar-refractivity contribution in [1.82, 2.24) is 9.55 Å². The number of anilines is 2. The summed E-state index contributed by atoms with van der Waals surface area (Å²) >= 11 is 6.04. The van der Waals surface area contributed by atoms with Crippen LogP contribution < -0.4 is 21.0 Å². The molecular formula is C16H19ClN4O2.